The quantitative estimate of drug-likeness (QED) is 0.941. The molecule has 1 atom stereocenters. The van der Waals surface area contributed by atoms with E-state index in [9.17, 15) is 13.9 Å². The van der Waals surface area contributed by atoms with Crippen molar-refractivity contribution in [1.82, 2.24) is 9.78 Å². The molecular weight excluding hydrogens is 286 g/mol. The number of aliphatic hydroxyl groups excluding tert-OH is 1. The topological polar surface area (TPSA) is 38.0 Å². The first-order chi connectivity index (χ1) is 9.31. The summed E-state index contributed by atoms with van der Waals surface area (Å²) in [6.45, 7) is 3.81. The third-order valence-electron chi connectivity index (χ3n) is 3.06. The molecule has 0 saturated carbocycles. The molecule has 1 heterocycles. The Balaban J connectivity index is 2.55. The Kier molecular flexibility index (Phi) is 4.11. The maximum atomic E-state index is 13.3. The standard InChI is InChI=1S/C14H15ClF2N2O/c1-7(2)12-11(14(15)19(3)18-12)13(20)8-4-9(16)6-10(17)5-8/h4-7,13,20H,1-3H3. The molecule has 0 amide bonds. The van der Waals surface area contributed by atoms with Gasteiger partial charge >= 0.3 is 0 Å². The van der Waals surface area contributed by atoms with Crippen LogP contribution in [0.25, 0.3) is 0 Å². The Hall–Kier alpha value is -1.46. The number of aromatic nitrogens is 2. The summed E-state index contributed by atoms with van der Waals surface area (Å²) in [6, 6.07) is 2.92. The predicted molar refractivity (Wildman–Crippen MR) is 72.7 cm³/mol. The van der Waals surface area contributed by atoms with Gasteiger partial charge in [0, 0.05) is 18.7 Å². The van der Waals surface area contributed by atoms with Gasteiger partial charge in [0.15, 0.2) is 0 Å². The van der Waals surface area contributed by atoms with Crippen LogP contribution in [0.2, 0.25) is 5.15 Å². The predicted octanol–water partition coefficient (Wildman–Crippen LogP) is 3.56. The van der Waals surface area contributed by atoms with Crippen LogP contribution in [0.15, 0.2) is 18.2 Å². The highest BCUT2D eigenvalue weighted by atomic mass is 35.5. The Morgan fingerprint density at radius 3 is 2.25 bits per heavy atom. The van der Waals surface area contributed by atoms with E-state index in [1.54, 1.807) is 7.05 Å². The van der Waals surface area contributed by atoms with Crippen LogP contribution in [0.3, 0.4) is 0 Å². The van der Waals surface area contributed by atoms with Crippen LogP contribution in [-0.2, 0) is 7.05 Å². The van der Waals surface area contributed by atoms with E-state index in [4.69, 9.17) is 11.6 Å². The lowest BCUT2D eigenvalue weighted by Gasteiger charge is -2.14. The lowest BCUT2D eigenvalue weighted by atomic mass is 9.97. The molecule has 3 nitrogen and oxygen atoms in total. The molecule has 2 rings (SSSR count). The first kappa shape index (κ1) is 14.9. The van der Waals surface area contributed by atoms with Crippen molar-refractivity contribution in [2.45, 2.75) is 25.9 Å². The molecule has 1 aromatic carbocycles. The second-order valence-electron chi connectivity index (χ2n) is 4.97. The molecule has 2 aromatic rings. The number of rotatable bonds is 3. The summed E-state index contributed by atoms with van der Waals surface area (Å²) in [5, 5.41) is 14.9. The number of nitrogens with zero attached hydrogens (tertiary/aromatic N) is 2. The summed E-state index contributed by atoms with van der Waals surface area (Å²) < 4.78 is 28.0. The molecule has 0 aliphatic carbocycles. The van der Waals surface area contributed by atoms with Crippen LogP contribution in [0.5, 0.6) is 0 Å². The van der Waals surface area contributed by atoms with E-state index in [1.807, 2.05) is 13.8 Å². The summed E-state index contributed by atoms with van der Waals surface area (Å²) in [5.41, 5.74) is 1.10. The van der Waals surface area contributed by atoms with Crippen molar-refractivity contribution in [1.29, 1.82) is 0 Å². The Bertz CT molecular complexity index is 620. The van der Waals surface area contributed by atoms with Gasteiger partial charge < -0.3 is 5.11 Å². The van der Waals surface area contributed by atoms with E-state index in [0.717, 1.165) is 18.2 Å². The highest BCUT2D eigenvalue weighted by Crippen LogP contribution is 2.34. The average Bonchev–Trinajstić information content (AvgIpc) is 2.64. The lowest BCUT2D eigenvalue weighted by molar-refractivity contribution is 0.217. The first-order valence-electron chi connectivity index (χ1n) is 6.17. The van der Waals surface area contributed by atoms with Gasteiger partial charge in [-0.2, -0.15) is 5.10 Å². The second kappa shape index (κ2) is 5.50. The third-order valence-corrected chi connectivity index (χ3v) is 3.51. The second-order valence-corrected chi connectivity index (χ2v) is 5.33. The summed E-state index contributed by atoms with van der Waals surface area (Å²) >= 11 is 6.14. The zero-order valence-electron chi connectivity index (χ0n) is 11.4. The number of aliphatic hydroxyl groups is 1. The molecule has 1 aromatic heterocycles. The minimum atomic E-state index is -1.22. The molecular formula is C14H15ClF2N2O. The molecule has 108 valence electrons. The maximum absolute atomic E-state index is 13.3. The van der Waals surface area contributed by atoms with Gasteiger partial charge in [-0.25, -0.2) is 8.78 Å². The van der Waals surface area contributed by atoms with Gasteiger partial charge in [0.25, 0.3) is 0 Å². The van der Waals surface area contributed by atoms with Crippen LogP contribution in [0, 0.1) is 11.6 Å². The molecule has 20 heavy (non-hydrogen) atoms. The minimum absolute atomic E-state index is 0.0248. The molecule has 0 aliphatic heterocycles. The Morgan fingerprint density at radius 2 is 1.75 bits per heavy atom. The molecule has 0 radical (unpaired) electrons. The van der Waals surface area contributed by atoms with E-state index in [-0.39, 0.29) is 16.6 Å². The molecule has 0 fully saturated rings. The first-order valence-corrected chi connectivity index (χ1v) is 6.55. The van der Waals surface area contributed by atoms with Crippen LogP contribution in [0.4, 0.5) is 8.78 Å². The molecule has 6 heteroatoms. The number of aryl methyl sites for hydroxylation is 1. The molecule has 0 saturated heterocycles. The van der Waals surface area contributed by atoms with Crippen LogP contribution in [0.1, 0.15) is 42.7 Å². The molecule has 0 spiro atoms. The van der Waals surface area contributed by atoms with Crippen molar-refractivity contribution < 1.29 is 13.9 Å². The van der Waals surface area contributed by atoms with Gasteiger partial charge in [0.05, 0.1) is 5.69 Å². The number of hydrogen-bond donors (Lipinski definition) is 1. The third kappa shape index (κ3) is 2.69. The zero-order valence-corrected chi connectivity index (χ0v) is 12.1. The minimum Gasteiger partial charge on any atom is -0.383 e. The van der Waals surface area contributed by atoms with Crippen LogP contribution >= 0.6 is 11.6 Å². The maximum Gasteiger partial charge on any atom is 0.133 e. The van der Waals surface area contributed by atoms with Crippen molar-refractivity contribution in [3.63, 3.8) is 0 Å². The van der Waals surface area contributed by atoms with Gasteiger partial charge in [0.2, 0.25) is 0 Å². The fourth-order valence-electron chi connectivity index (χ4n) is 2.12. The summed E-state index contributed by atoms with van der Waals surface area (Å²) in [4.78, 5) is 0. The van der Waals surface area contributed by atoms with E-state index in [0.29, 0.717) is 11.3 Å². The smallest absolute Gasteiger partial charge is 0.133 e. The van der Waals surface area contributed by atoms with Gasteiger partial charge in [0.1, 0.15) is 22.9 Å². The summed E-state index contributed by atoms with van der Waals surface area (Å²) in [6.07, 6.45) is -1.22. The molecule has 1 unspecified atom stereocenters. The molecule has 0 aliphatic rings. The van der Waals surface area contributed by atoms with E-state index >= 15 is 0 Å². The van der Waals surface area contributed by atoms with Crippen LogP contribution in [-0.4, -0.2) is 14.9 Å². The van der Waals surface area contributed by atoms with Crippen molar-refractivity contribution in [2.24, 2.45) is 7.05 Å². The average molecular weight is 301 g/mol. The number of hydrogen-bond acceptors (Lipinski definition) is 2. The van der Waals surface area contributed by atoms with Crippen molar-refractivity contribution >= 4 is 11.6 Å². The fraction of sp³-hybridized carbons (Fsp3) is 0.357. The van der Waals surface area contributed by atoms with E-state index < -0.39 is 17.7 Å². The van der Waals surface area contributed by atoms with Crippen molar-refractivity contribution in [3.05, 3.63) is 51.8 Å². The number of benzene rings is 1. The largest absolute Gasteiger partial charge is 0.383 e. The summed E-state index contributed by atoms with van der Waals surface area (Å²) in [7, 11) is 1.65. The van der Waals surface area contributed by atoms with Gasteiger partial charge in [-0.05, 0) is 23.6 Å². The van der Waals surface area contributed by atoms with Gasteiger partial charge in [-0.15, -0.1) is 0 Å². The normalized spacial score (nSPS) is 13.0. The molecule has 1 N–H and O–H groups in total. The van der Waals surface area contributed by atoms with Crippen molar-refractivity contribution in [3.8, 4) is 0 Å². The number of halogens is 3. The monoisotopic (exact) mass is 300 g/mol. The fourth-order valence-corrected chi connectivity index (χ4v) is 2.36. The van der Waals surface area contributed by atoms with Crippen molar-refractivity contribution in [2.75, 3.05) is 0 Å². The zero-order chi connectivity index (χ0) is 15.0. The van der Waals surface area contributed by atoms with E-state index in [1.165, 1.54) is 4.68 Å². The van der Waals surface area contributed by atoms with Gasteiger partial charge in [-0.1, -0.05) is 25.4 Å². The Morgan fingerprint density at radius 1 is 1.20 bits per heavy atom. The highest BCUT2D eigenvalue weighted by molar-refractivity contribution is 6.30. The highest BCUT2D eigenvalue weighted by Gasteiger charge is 2.25. The lowest BCUT2D eigenvalue weighted by Crippen LogP contribution is -2.05. The van der Waals surface area contributed by atoms with Crippen LogP contribution < -0.4 is 0 Å². The Labute approximate surface area is 120 Å². The van der Waals surface area contributed by atoms with E-state index in [2.05, 4.69) is 5.10 Å². The van der Waals surface area contributed by atoms with Gasteiger partial charge in [-0.3, -0.25) is 4.68 Å². The summed E-state index contributed by atoms with van der Waals surface area (Å²) in [5.74, 6) is -1.47. The SMILES string of the molecule is CC(C)c1nn(C)c(Cl)c1C(O)c1cc(F)cc(F)c1. The molecule has 0 bridgehead atoms.